The molecule has 0 fully saturated rings. The summed E-state index contributed by atoms with van der Waals surface area (Å²) in [6.07, 6.45) is -11.6. The number of anilines is 2. The van der Waals surface area contributed by atoms with E-state index in [0.29, 0.717) is 24.3 Å². The first-order valence-electron chi connectivity index (χ1n) is 15.0. The molecular formula is C30H28F6N6O8S4. The Morgan fingerprint density at radius 1 is 0.556 bits per heavy atom. The minimum absolute atomic E-state index is 0.164. The molecular weight excluding hydrogens is 815 g/mol. The van der Waals surface area contributed by atoms with Gasteiger partial charge in [-0.2, -0.15) is 35.8 Å². The largest absolute Gasteiger partial charge is 0.417 e. The Bertz CT molecular complexity index is 2350. The van der Waals surface area contributed by atoms with E-state index in [2.05, 4.69) is 20.1 Å². The van der Waals surface area contributed by atoms with Crippen molar-refractivity contribution in [1.29, 1.82) is 0 Å². The zero-order chi connectivity index (χ0) is 40.1. The first-order valence-corrected chi connectivity index (χ1v) is 21.0. The van der Waals surface area contributed by atoms with E-state index in [1.54, 1.807) is 60.7 Å². The molecule has 292 valence electrons. The van der Waals surface area contributed by atoms with Crippen molar-refractivity contribution in [2.75, 3.05) is 10.6 Å². The van der Waals surface area contributed by atoms with Crippen molar-refractivity contribution < 1.29 is 60.0 Å². The molecule has 0 spiro atoms. The third kappa shape index (κ3) is 9.31. The van der Waals surface area contributed by atoms with Gasteiger partial charge in [-0.05, 0) is 35.4 Å². The Labute approximate surface area is 305 Å². The van der Waals surface area contributed by atoms with Gasteiger partial charge in [-0.25, -0.2) is 43.9 Å². The van der Waals surface area contributed by atoms with Crippen LogP contribution in [0.1, 0.15) is 22.3 Å². The Balaban J connectivity index is 0.000000208. The Hall–Kier alpha value is -4.30. The van der Waals surface area contributed by atoms with Crippen LogP contribution in [0.4, 0.5) is 37.7 Å². The van der Waals surface area contributed by atoms with Crippen LogP contribution in [-0.4, -0.2) is 46.0 Å². The third-order valence-corrected chi connectivity index (χ3v) is 12.7. The summed E-state index contributed by atoms with van der Waals surface area (Å²) in [5.41, 5.74) is -2.28. The fraction of sp³-hybridized carbons (Fsp3) is 0.200. The van der Waals surface area contributed by atoms with Gasteiger partial charge >= 0.3 is 12.4 Å². The molecule has 2 aliphatic rings. The number of nitrogens with one attached hydrogen (secondary N) is 4. The van der Waals surface area contributed by atoms with Gasteiger partial charge in [-0.15, -0.1) is 0 Å². The fourth-order valence-electron chi connectivity index (χ4n) is 5.53. The standard InChI is InChI=1S/2C15H14F3N3O4S2/c2*16-15(17,18)10-7-11-13(8-12(10)26(19,22)23)27(24,25)21-14(20-11)6-9-4-2-1-3-5-9/h2*1-5,7-8,14,20-21H,6H2,(H2,19,22,23). The molecule has 0 saturated heterocycles. The third-order valence-electron chi connectivity index (χ3n) is 7.79. The first kappa shape index (κ1) is 40.9. The van der Waals surface area contributed by atoms with Gasteiger partial charge in [0.1, 0.15) is 9.79 Å². The molecule has 2 aliphatic heterocycles. The number of primary sulfonamides is 2. The molecule has 8 N–H and O–H groups in total. The normalized spacial score (nSPS) is 19.2. The number of alkyl halides is 6. The number of benzene rings is 4. The highest BCUT2D eigenvalue weighted by Crippen LogP contribution is 2.41. The molecule has 0 radical (unpaired) electrons. The van der Waals surface area contributed by atoms with Crippen LogP contribution in [0.5, 0.6) is 0 Å². The lowest BCUT2D eigenvalue weighted by molar-refractivity contribution is -0.140. The van der Waals surface area contributed by atoms with Crippen LogP contribution < -0.4 is 30.4 Å². The lowest BCUT2D eigenvalue weighted by Gasteiger charge is -2.29. The highest BCUT2D eigenvalue weighted by Gasteiger charge is 2.42. The van der Waals surface area contributed by atoms with Crippen molar-refractivity contribution in [3.63, 3.8) is 0 Å². The Morgan fingerprint density at radius 3 is 1.15 bits per heavy atom. The SMILES string of the molecule is NS(=O)(=O)c1cc2c(cc1C(F)(F)F)NC(Cc1ccccc1)NS2(=O)=O.NS(=O)(=O)c1cc2c(cc1C(F)(F)F)NC(Cc1ccccc1)NS2(=O)=O. The highest BCUT2D eigenvalue weighted by atomic mass is 32.2. The zero-order valence-electron chi connectivity index (χ0n) is 27.0. The van der Waals surface area contributed by atoms with E-state index < -0.39 is 95.5 Å². The number of halogens is 6. The molecule has 4 aromatic rings. The fourth-order valence-corrected chi connectivity index (χ4v) is 9.85. The maximum absolute atomic E-state index is 13.3. The number of hydrogen-bond donors (Lipinski definition) is 6. The topological polar surface area (TPSA) is 237 Å². The van der Waals surface area contributed by atoms with Crippen LogP contribution in [0.3, 0.4) is 0 Å². The molecule has 54 heavy (non-hydrogen) atoms. The van der Waals surface area contributed by atoms with Crippen molar-refractivity contribution >= 4 is 51.5 Å². The van der Waals surface area contributed by atoms with Crippen LogP contribution >= 0.6 is 0 Å². The van der Waals surface area contributed by atoms with E-state index in [0.717, 1.165) is 11.1 Å². The summed E-state index contributed by atoms with van der Waals surface area (Å²) in [5.74, 6) is 0. The highest BCUT2D eigenvalue weighted by molar-refractivity contribution is 7.91. The summed E-state index contributed by atoms with van der Waals surface area (Å²) in [5, 5.41) is 15.0. The van der Waals surface area contributed by atoms with Gasteiger partial charge < -0.3 is 10.6 Å². The minimum atomic E-state index is -5.04. The van der Waals surface area contributed by atoms with Crippen molar-refractivity contribution in [2.24, 2.45) is 10.3 Å². The summed E-state index contributed by atoms with van der Waals surface area (Å²) < 4.78 is 180. The van der Waals surface area contributed by atoms with E-state index in [-0.39, 0.29) is 24.2 Å². The van der Waals surface area contributed by atoms with Gasteiger partial charge in [0.15, 0.2) is 0 Å². The number of nitrogens with two attached hydrogens (primary N) is 2. The summed E-state index contributed by atoms with van der Waals surface area (Å²) in [4.78, 5) is -3.85. The van der Waals surface area contributed by atoms with Crippen LogP contribution in [0, 0.1) is 0 Å². The smallest absolute Gasteiger partial charge is 0.368 e. The molecule has 6 rings (SSSR count). The van der Waals surface area contributed by atoms with Crippen molar-refractivity contribution in [2.45, 2.75) is 57.1 Å². The van der Waals surface area contributed by atoms with Crippen molar-refractivity contribution in [3.05, 3.63) is 107 Å². The summed E-state index contributed by atoms with van der Waals surface area (Å²) in [7, 11) is -18.1. The van der Waals surface area contributed by atoms with Gasteiger partial charge in [0, 0.05) is 12.8 Å². The molecule has 4 aromatic carbocycles. The van der Waals surface area contributed by atoms with E-state index in [1.165, 1.54) is 0 Å². The molecule has 24 heteroatoms. The van der Waals surface area contributed by atoms with Crippen molar-refractivity contribution in [3.8, 4) is 0 Å². The lowest BCUT2D eigenvalue weighted by Crippen LogP contribution is -2.46. The zero-order valence-corrected chi connectivity index (χ0v) is 30.2. The second kappa shape index (κ2) is 14.4. The van der Waals surface area contributed by atoms with Gasteiger partial charge in [0.2, 0.25) is 40.1 Å². The molecule has 0 aromatic heterocycles. The van der Waals surface area contributed by atoms with Crippen LogP contribution in [0.25, 0.3) is 0 Å². The monoisotopic (exact) mass is 842 g/mol. The van der Waals surface area contributed by atoms with Crippen LogP contribution in [-0.2, 0) is 65.3 Å². The maximum atomic E-state index is 13.3. The average molecular weight is 843 g/mol. The number of sulfonamides is 4. The van der Waals surface area contributed by atoms with E-state index in [9.17, 15) is 60.0 Å². The quantitative estimate of drug-likeness (QED) is 0.155. The number of rotatable bonds is 6. The van der Waals surface area contributed by atoms with E-state index in [4.69, 9.17) is 10.3 Å². The molecule has 0 amide bonds. The molecule has 2 heterocycles. The van der Waals surface area contributed by atoms with Crippen LogP contribution in [0.2, 0.25) is 0 Å². The minimum Gasteiger partial charge on any atom is -0.368 e. The van der Waals surface area contributed by atoms with Gasteiger partial charge in [0.25, 0.3) is 0 Å². The van der Waals surface area contributed by atoms with Gasteiger partial charge in [0.05, 0.1) is 44.6 Å². The number of hydrogen-bond acceptors (Lipinski definition) is 10. The number of fused-ring (bicyclic) bond motifs is 2. The predicted molar refractivity (Wildman–Crippen MR) is 181 cm³/mol. The van der Waals surface area contributed by atoms with Crippen molar-refractivity contribution in [1.82, 2.24) is 9.44 Å². The van der Waals surface area contributed by atoms with Gasteiger partial charge in [-0.3, -0.25) is 0 Å². The Kier molecular flexibility index (Phi) is 10.9. The second-order valence-corrected chi connectivity index (χ2v) is 18.2. The maximum Gasteiger partial charge on any atom is 0.417 e. The molecule has 2 unspecified atom stereocenters. The average Bonchev–Trinajstić information content (AvgIpc) is 3.03. The van der Waals surface area contributed by atoms with E-state index >= 15 is 0 Å². The summed E-state index contributed by atoms with van der Waals surface area (Å²) in [6, 6.07) is 19.1. The summed E-state index contributed by atoms with van der Waals surface area (Å²) >= 11 is 0. The second-order valence-electron chi connectivity index (χ2n) is 11.8. The lowest BCUT2D eigenvalue weighted by atomic mass is 10.1. The molecule has 0 aliphatic carbocycles. The predicted octanol–water partition coefficient (Wildman–Crippen LogP) is 3.25. The molecule has 2 atom stereocenters. The molecule has 0 bridgehead atoms. The van der Waals surface area contributed by atoms with Gasteiger partial charge in [-0.1, -0.05) is 60.7 Å². The molecule has 14 nitrogen and oxygen atoms in total. The summed E-state index contributed by atoms with van der Waals surface area (Å²) in [6.45, 7) is 0. The Morgan fingerprint density at radius 2 is 0.870 bits per heavy atom. The molecule has 0 saturated carbocycles. The van der Waals surface area contributed by atoms with Crippen LogP contribution in [0.15, 0.2) is 105 Å². The van der Waals surface area contributed by atoms with E-state index in [1.807, 2.05) is 0 Å². The first-order chi connectivity index (χ1) is 24.8.